The van der Waals surface area contributed by atoms with E-state index >= 15 is 0 Å². The van der Waals surface area contributed by atoms with Crippen LogP contribution < -0.4 is 10.2 Å². The van der Waals surface area contributed by atoms with E-state index in [-0.39, 0.29) is 5.91 Å². The van der Waals surface area contributed by atoms with Crippen LogP contribution in [0.1, 0.15) is 11.4 Å². The van der Waals surface area contributed by atoms with Crippen molar-refractivity contribution in [3.05, 3.63) is 29.8 Å². The predicted molar refractivity (Wildman–Crippen MR) is 92.0 cm³/mol. The van der Waals surface area contributed by atoms with Crippen molar-refractivity contribution in [3.8, 4) is 0 Å². The van der Waals surface area contributed by atoms with E-state index in [2.05, 4.69) is 30.2 Å². The maximum atomic E-state index is 12.3. The summed E-state index contributed by atoms with van der Waals surface area (Å²) in [5, 5.41) is 7.31. The number of nitrogens with zero attached hydrogens (tertiary/aromatic N) is 6. The molecule has 2 aromatic rings. The highest BCUT2D eigenvalue weighted by Crippen LogP contribution is 2.18. The van der Waals surface area contributed by atoms with Crippen molar-refractivity contribution in [3.63, 3.8) is 0 Å². The molecule has 1 aliphatic rings. The Labute approximate surface area is 141 Å². The van der Waals surface area contributed by atoms with Gasteiger partial charge in [0.25, 0.3) is 0 Å². The van der Waals surface area contributed by atoms with E-state index in [0.717, 1.165) is 49.2 Å². The second-order valence-corrected chi connectivity index (χ2v) is 6.03. The van der Waals surface area contributed by atoms with Crippen molar-refractivity contribution in [2.75, 3.05) is 42.9 Å². The molecule has 128 valence electrons. The first kappa shape index (κ1) is 16.4. The molecule has 24 heavy (non-hydrogen) atoms. The number of aryl methyl sites for hydroxylation is 2. The zero-order chi connectivity index (χ0) is 17.1. The van der Waals surface area contributed by atoms with Crippen molar-refractivity contribution in [1.29, 1.82) is 0 Å². The third-order valence-corrected chi connectivity index (χ3v) is 4.35. The largest absolute Gasteiger partial charge is 0.338 e. The molecule has 0 aliphatic carbocycles. The fourth-order valence-electron chi connectivity index (χ4n) is 2.90. The Kier molecular flexibility index (Phi) is 4.75. The molecule has 8 nitrogen and oxygen atoms in total. The number of amides is 1. The van der Waals surface area contributed by atoms with Gasteiger partial charge in [0.05, 0.1) is 23.6 Å². The van der Waals surface area contributed by atoms with Gasteiger partial charge in [-0.3, -0.25) is 14.4 Å². The van der Waals surface area contributed by atoms with E-state index in [1.807, 2.05) is 27.0 Å². The van der Waals surface area contributed by atoms with Gasteiger partial charge in [0, 0.05) is 45.6 Å². The summed E-state index contributed by atoms with van der Waals surface area (Å²) in [6.07, 6.45) is 3.50. The Morgan fingerprint density at radius 1 is 1.17 bits per heavy atom. The van der Waals surface area contributed by atoms with E-state index in [0.29, 0.717) is 6.54 Å². The normalized spacial score (nSPS) is 15.5. The van der Waals surface area contributed by atoms with Crippen LogP contribution in [0.5, 0.6) is 0 Å². The van der Waals surface area contributed by atoms with E-state index in [9.17, 15) is 4.79 Å². The number of hydrogen-bond donors (Lipinski definition) is 1. The fourth-order valence-corrected chi connectivity index (χ4v) is 2.90. The summed E-state index contributed by atoms with van der Waals surface area (Å²) in [5.41, 5.74) is 2.63. The highest BCUT2D eigenvalue weighted by atomic mass is 16.2. The third kappa shape index (κ3) is 3.53. The molecule has 1 aliphatic heterocycles. The molecule has 1 saturated heterocycles. The number of carbonyl (C=O) groups excluding carboxylic acids is 1. The van der Waals surface area contributed by atoms with Gasteiger partial charge in [0.2, 0.25) is 11.9 Å². The van der Waals surface area contributed by atoms with Gasteiger partial charge in [-0.1, -0.05) is 0 Å². The van der Waals surface area contributed by atoms with E-state index in [1.165, 1.54) is 0 Å². The summed E-state index contributed by atoms with van der Waals surface area (Å²) in [6, 6.07) is 1.81. The Hall–Kier alpha value is -2.48. The molecule has 0 atom stereocenters. The van der Waals surface area contributed by atoms with Gasteiger partial charge in [0.1, 0.15) is 0 Å². The number of piperazine rings is 1. The predicted octanol–water partition coefficient (Wildman–Crippen LogP) is 0.588. The van der Waals surface area contributed by atoms with Crippen molar-refractivity contribution >= 4 is 17.5 Å². The topological polar surface area (TPSA) is 79.2 Å². The van der Waals surface area contributed by atoms with Crippen molar-refractivity contribution in [2.45, 2.75) is 13.8 Å². The van der Waals surface area contributed by atoms with Gasteiger partial charge in [-0.15, -0.1) is 0 Å². The molecule has 1 fully saturated rings. The molecule has 1 amide bonds. The first-order valence-corrected chi connectivity index (χ1v) is 8.09. The molecule has 3 heterocycles. The average Bonchev–Trinajstić information content (AvgIpc) is 2.82. The Bertz CT molecular complexity index is 705. The van der Waals surface area contributed by atoms with Crippen LogP contribution >= 0.6 is 0 Å². The van der Waals surface area contributed by atoms with E-state index in [4.69, 9.17) is 0 Å². The molecule has 0 radical (unpaired) electrons. The molecule has 3 rings (SSSR count). The van der Waals surface area contributed by atoms with Gasteiger partial charge >= 0.3 is 0 Å². The van der Waals surface area contributed by atoms with Gasteiger partial charge < -0.3 is 10.2 Å². The molecule has 0 aromatic carbocycles. The Morgan fingerprint density at radius 3 is 2.42 bits per heavy atom. The highest BCUT2D eigenvalue weighted by Gasteiger charge is 2.21. The first-order chi connectivity index (χ1) is 11.5. The lowest BCUT2D eigenvalue weighted by atomic mass is 10.3. The number of nitrogens with one attached hydrogen (secondary N) is 1. The van der Waals surface area contributed by atoms with E-state index in [1.54, 1.807) is 17.1 Å². The number of anilines is 2. The smallest absolute Gasteiger partial charge is 0.238 e. The first-order valence-electron chi connectivity index (χ1n) is 8.09. The van der Waals surface area contributed by atoms with Gasteiger partial charge in [-0.2, -0.15) is 5.10 Å². The minimum Gasteiger partial charge on any atom is -0.338 e. The zero-order valence-electron chi connectivity index (χ0n) is 14.4. The summed E-state index contributed by atoms with van der Waals surface area (Å²) in [7, 11) is 1.88. The van der Waals surface area contributed by atoms with Crippen LogP contribution in [0.15, 0.2) is 18.5 Å². The average molecular weight is 329 g/mol. The zero-order valence-corrected chi connectivity index (χ0v) is 14.4. The molecular formula is C16H23N7O. The van der Waals surface area contributed by atoms with Crippen LogP contribution in [-0.4, -0.2) is 63.3 Å². The molecule has 0 unspecified atom stereocenters. The lowest BCUT2D eigenvalue weighted by Gasteiger charge is -2.34. The summed E-state index contributed by atoms with van der Waals surface area (Å²) in [5.74, 6) is 0.752. The monoisotopic (exact) mass is 329 g/mol. The summed E-state index contributed by atoms with van der Waals surface area (Å²) >= 11 is 0. The standard InChI is InChI=1S/C16H23N7O/c1-12-15(13(2)21(3)20-12)19-14(24)11-22-7-9-23(10-8-22)16-17-5-4-6-18-16/h4-6H,7-11H2,1-3H3,(H,19,24). The van der Waals surface area contributed by atoms with Crippen molar-refractivity contribution in [2.24, 2.45) is 7.05 Å². The second-order valence-electron chi connectivity index (χ2n) is 6.03. The van der Waals surface area contributed by atoms with Crippen LogP contribution in [0.3, 0.4) is 0 Å². The summed E-state index contributed by atoms with van der Waals surface area (Å²) in [4.78, 5) is 25.2. The number of carbonyl (C=O) groups is 1. The molecule has 0 saturated carbocycles. The maximum Gasteiger partial charge on any atom is 0.238 e. The number of aromatic nitrogens is 4. The third-order valence-electron chi connectivity index (χ3n) is 4.35. The van der Waals surface area contributed by atoms with E-state index < -0.39 is 0 Å². The molecule has 2 aromatic heterocycles. The minimum absolute atomic E-state index is 0.00129. The molecular weight excluding hydrogens is 306 g/mol. The lowest BCUT2D eigenvalue weighted by molar-refractivity contribution is -0.117. The van der Waals surface area contributed by atoms with Gasteiger partial charge in [-0.05, 0) is 19.9 Å². The van der Waals surface area contributed by atoms with Crippen LogP contribution in [0, 0.1) is 13.8 Å². The second kappa shape index (κ2) is 6.96. The van der Waals surface area contributed by atoms with Gasteiger partial charge in [0.15, 0.2) is 0 Å². The van der Waals surface area contributed by atoms with Crippen LogP contribution in [0.2, 0.25) is 0 Å². The van der Waals surface area contributed by atoms with Crippen molar-refractivity contribution < 1.29 is 4.79 Å². The number of rotatable bonds is 4. The summed E-state index contributed by atoms with van der Waals surface area (Å²) in [6.45, 7) is 7.52. The fraction of sp³-hybridized carbons (Fsp3) is 0.500. The number of hydrogen-bond acceptors (Lipinski definition) is 6. The summed E-state index contributed by atoms with van der Waals surface area (Å²) < 4.78 is 1.78. The molecule has 1 N–H and O–H groups in total. The van der Waals surface area contributed by atoms with Crippen LogP contribution in [0.4, 0.5) is 11.6 Å². The lowest BCUT2D eigenvalue weighted by Crippen LogP contribution is -2.49. The Balaban J connectivity index is 1.52. The maximum absolute atomic E-state index is 12.3. The van der Waals surface area contributed by atoms with Crippen LogP contribution in [0.25, 0.3) is 0 Å². The quantitative estimate of drug-likeness (QED) is 0.884. The highest BCUT2D eigenvalue weighted by molar-refractivity contribution is 5.93. The van der Waals surface area contributed by atoms with Crippen molar-refractivity contribution in [1.82, 2.24) is 24.6 Å². The molecule has 0 bridgehead atoms. The molecule has 0 spiro atoms. The van der Waals surface area contributed by atoms with Crippen LogP contribution in [-0.2, 0) is 11.8 Å². The Morgan fingerprint density at radius 2 is 1.83 bits per heavy atom. The van der Waals surface area contributed by atoms with Gasteiger partial charge in [-0.25, -0.2) is 9.97 Å². The minimum atomic E-state index is -0.00129. The molecule has 8 heteroatoms. The SMILES string of the molecule is Cc1nn(C)c(C)c1NC(=O)CN1CCN(c2ncccn2)CC1.